The van der Waals surface area contributed by atoms with Crippen LogP contribution in [0.2, 0.25) is 0 Å². The van der Waals surface area contributed by atoms with Crippen molar-refractivity contribution in [1.82, 2.24) is 0 Å². The van der Waals surface area contributed by atoms with Gasteiger partial charge in [0.25, 0.3) is 0 Å². The van der Waals surface area contributed by atoms with Crippen molar-refractivity contribution in [2.75, 3.05) is 0 Å². The Labute approximate surface area is 315 Å². The Hall–Kier alpha value is -2.42. The van der Waals surface area contributed by atoms with E-state index in [-0.39, 0.29) is 11.6 Å². The molecule has 0 N–H and O–H groups in total. The van der Waals surface area contributed by atoms with Crippen molar-refractivity contribution in [2.24, 2.45) is 0 Å². The van der Waals surface area contributed by atoms with Gasteiger partial charge in [0, 0.05) is 24.0 Å². The van der Waals surface area contributed by atoms with E-state index in [2.05, 4.69) is 13.8 Å². The summed E-state index contributed by atoms with van der Waals surface area (Å²) in [6.45, 7) is 4.56. The molecule has 0 saturated carbocycles. The predicted molar refractivity (Wildman–Crippen MR) is 221 cm³/mol. The second-order valence-electron chi connectivity index (χ2n) is 15.4. The minimum absolute atomic E-state index is 0.216. The lowest BCUT2D eigenvalue weighted by Gasteiger charge is -2.08. The predicted octanol–water partition coefficient (Wildman–Crippen LogP) is 16.4. The fraction of sp³-hybridized carbons (Fsp3) is 0.708. The normalized spacial score (nSPS) is 11.3. The maximum Gasteiger partial charge on any atom is 0.162 e. The summed E-state index contributed by atoms with van der Waals surface area (Å²) in [5.74, 6) is 1.84. The number of carbonyl (C=O) groups excluding carboxylic acids is 2. The molecule has 0 aliphatic carbocycles. The molecule has 0 bridgehead atoms. The zero-order valence-corrected chi connectivity index (χ0v) is 33.5. The third-order valence-electron chi connectivity index (χ3n) is 10.6. The minimum Gasteiger partial charge on any atom is -0.457 e. The summed E-state index contributed by atoms with van der Waals surface area (Å²) in [6, 6.07) is 15.0. The first-order valence-corrected chi connectivity index (χ1v) is 22.1. The van der Waals surface area contributed by atoms with E-state index in [1.807, 2.05) is 48.5 Å². The fourth-order valence-electron chi connectivity index (χ4n) is 7.16. The molecule has 3 nitrogen and oxygen atoms in total. The molecule has 0 radical (unpaired) electrons. The van der Waals surface area contributed by atoms with Gasteiger partial charge in [-0.3, -0.25) is 9.59 Å². The zero-order valence-electron chi connectivity index (χ0n) is 33.5. The highest BCUT2D eigenvalue weighted by molar-refractivity contribution is 5.96. The van der Waals surface area contributed by atoms with Crippen molar-refractivity contribution in [2.45, 2.75) is 219 Å². The molecule has 0 fully saturated rings. The molecule has 0 heterocycles. The molecule has 0 unspecified atom stereocenters. The minimum atomic E-state index is 0.216. The van der Waals surface area contributed by atoms with Crippen LogP contribution in [-0.4, -0.2) is 11.6 Å². The Morgan fingerprint density at radius 3 is 0.784 bits per heavy atom. The van der Waals surface area contributed by atoms with Gasteiger partial charge in [-0.1, -0.05) is 194 Å². The maximum atomic E-state index is 12.7. The highest BCUT2D eigenvalue weighted by atomic mass is 16.5. The largest absolute Gasteiger partial charge is 0.457 e. The van der Waals surface area contributed by atoms with Crippen LogP contribution in [0.25, 0.3) is 0 Å². The number of ether oxygens (including phenoxy) is 1. The van der Waals surface area contributed by atoms with Crippen molar-refractivity contribution in [3.63, 3.8) is 0 Å². The molecule has 0 aliphatic rings. The van der Waals surface area contributed by atoms with Gasteiger partial charge in [0.05, 0.1) is 0 Å². The molecule has 51 heavy (non-hydrogen) atoms. The molecule has 0 amide bonds. The van der Waals surface area contributed by atoms with Gasteiger partial charge in [0.2, 0.25) is 0 Å². The first-order valence-electron chi connectivity index (χ1n) is 22.1. The summed E-state index contributed by atoms with van der Waals surface area (Å²) in [6.07, 6.45) is 41.2. The smallest absolute Gasteiger partial charge is 0.162 e. The van der Waals surface area contributed by atoms with Gasteiger partial charge >= 0.3 is 0 Å². The molecule has 288 valence electrons. The van der Waals surface area contributed by atoms with E-state index in [1.54, 1.807) is 0 Å². The summed E-state index contributed by atoms with van der Waals surface area (Å²) in [5, 5.41) is 0. The van der Waals surface area contributed by atoms with Gasteiger partial charge in [-0.25, -0.2) is 0 Å². The van der Waals surface area contributed by atoms with E-state index in [0.717, 1.165) is 36.8 Å². The topological polar surface area (TPSA) is 43.4 Å². The first-order chi connectivity index (χ1) is 25.1. The molecular formula is C48H78O3. The van der Waals surface area contributed by atoms with Gasteiger partial charge in [0.1, 0.15) is 11.5 Å². The molecule has 2 rings (SSSR count). The van der Waals surface area contributed by atoms with E-state index in [0.29, 0.717) is 24.3 Å². The van der Waals surface area contributed by atoms with Crippen molar-refractivity contribution in [1.29, 1.82) is 0 Å². The fourth-order valence-corrected chi connectivity index (χ4v) is 7.16. The average molecular weight is 703 g/mol. The molecule has 0 saturated heterocycles. The number of hydrogen-bond donors (Lipinski definition) is 0. The third kappa shape index (κ3) is 24.5. The number of ketones is 2. The molecule has 0 aromatic heterocycles. The van der Waals surface area contributed by atoms with Crippen LogP contribution in [0.15, 0.2) is 48.5 Å². The average Bonchev–Trinajstić information content (AvgIpc) is 3.15. The monoisotopic (exact) mass is 703 g/mol. The standard InChI is InChI=1S/C48H78O3/c1-3-5-7-9-11-13-15-17-19-21-23-25-27-29-31-33-47(49)43-35-39-45(40-36-43)51-46-41-37-44(38-42-46)48(50)34-32-30-28-26-24-22-20-18-16-14-12-10-8-6-4-2/h35-42H,3-34H2,1-2H3. The van der Waals surface area contributed by atoms with Crippen LogP contribution in [0.4, 0.5) is 0 Å². The molecule has 0 atom stereocenters. The lowest BCUT2D eigenvalue weighted by Crippen LogP contribution is -1.99. The number of Topliss-reactive ketones (excluding diaryl/α,β-unsaturated/α-hetero) is 2. The van der Waals surface area contributed by atoms with Crippen molar-refractivity contribution < 1.29 is 14.3 Å². The Kier molecular flexibility index (Phi) is 28.3. The zero-order chi connectivity index (χ0) is 36.5. The Bertz CT molecular complexity index is 999. The summed E-state index contributed by atoms with van der Waals surface area (Å²) < 4.78 is 6.01. The van der Waals surface area contributed by atoms with Crippen molar-refractivity contribution in [3.8, 4) is 11.5 Å². The van der Waals surface area contributed by atoms with Crippen LogP contribution in [0.1, 0.15) is 240 Å². The van der Waals surface area contributed by atoms with E-state index in [4.69, 9.17) is 4.74 Å². The summed E-state index contributed by atoms with van der Waals surface area (Å²) in [7, 11) is 0. The van der Waals surface area contributed by atoms with Gasteiger partial charge in [-0.15, -0.1) is 0 Å². The summed E-state index contributed by atoms with van der Waals surface area (Å²) in [5.41, 5.74) is 1.51. The van der Waals surface area contributed by atoms with Crippen LogP contribution < -0.4 is 4.74 Å². The van der Waals surface area contributed by atoms with E-state index >= 15 is 0 Å². The number of benzene rings is 2. The van der Waals surface area contributed by atoms with E-state index in [1.165, 1.54) is 167 Å². The van der Waals surface area contributed by atoms with Crippen LogP contribution in [0.5, 0.6) is 11.5 Å². The molecule has 2 aromatic rings. The second kappa shape index (κ2) is 32.2. The Morgan fingerprint density at radius 1 is 0.333 bits per heavy atom. The second-order valence-corrected chi connectivity index (χ2v) is 15.4. The highest BCUT2D eigenvalue weighted by Crippen LogP contribution is 2.24. The lowest BCUT2D eigenvalue weighted by molar-refractivity contribution is 0.0971. The van der Waals surface area contributed by atoms with Gasteiger partial charge in [-0.2, -0.15) is 0 Å². The Morgan fingerprint density at radius 2 is 0.549 bits per heavy atom. The molecule has 3 heteroatoms. The van der Waals surface area contributed by atoms with Crippen LogP contribution in [0, 0.1) is 0 Å². The summed E-state index contributed by atoms with van der Waals surface area (Å²) >= 11 is 0. The molecule has 0 spiro atoms. The van der Waals surface area contributed by atoms with Gasteiger partial charge in [0.15, 0.2) is 11.6 Å². The SMILES string of the molecule is CCCCCCCCCCCCCCCCCC(=O)c1ccc(Oc2ccc(C(=O)CCCCCCCCCCCCCCCCC)cc2)cc1. The first kappa shape index (κ1) is 44.7. The van der Waals surface area contributed by atoms with E-state index in [9.17, 15) is 9.59 Å². The number of carbonyl (C=O) groups is 2. The van der Waals surface area contributed by atoms with Crippen LogP contribution >= 0.6 is 0 Å². The van der Waals surface area contributed by atoms with Gasteiger partial charge < -0.3 is 4.74 Å². The van der Waals surface area contributed by atoms with Crippen molar-refractivity contribution >= 4 is 11.6 Å². The molecular weight excluding hydrogens is 625 g/mol. The third-order valence-corrected chi connectivity index (χ3v) is 10.6. The maximum absolute atomic E-state index is 12.7. The Balaban J connectivity index is 1.46. The van der Waals surface area contributed by atoms with Crippen LogP contribution in [-0.2, 0) is 0 Å². The van der Waals surface area contributed by atoms with E-state index < -0.39 is 0 Å². The molecule has 0 aliphatic heterocycles. The van der Waals surface area contributed by atoms with Crippen LogP contribution in [0.3, 0.4) is 0 Å². The highest BCUT2D eigenvalue weighted by Gasteiger charge is 2.09. The number of rotatable bonds is 36. The van der Waals surface area contributed by atoms with Crippen molar-refractivity contribution in [3.05, 3.63) is 59.7 Å². The quantitative estimate of drug-likeness (QED) is 0.0524. The summed E-state index contributed by atoms with van der Waals surface area (Å²) in [4.78, 5) is 25.4. The lowest BCUT2D eigenvalue weighted by atomic mass is 10.0. The van der Waals surface area contributed by atoms with Gasteiger partial charge in [-0.05, 0) is 61.4 Å². The molecule has 2 aromatic carbocycles. The number of unbranched alkanes of at least 4 members (excludes halogenated alkanes) is 28. The number of hydrogen-bond acceptors (Lipinski definition) is 3.